The van der Waals surface area contributed by atoms with Gasteiger partial charge in [0, 0.05) is 25.2 Å². The topological polar surface area (TPSA) is 49.4 Å². The van der Waals surface area contributed by atoms with Crippen LogP contribution < -0.4 is 5.32 Å². The lowest BCUT2D eigenvalue weighted by atomic mass is 10.2. The molecular weight excluding hydrogens is 291 g/mol. The fourth-order valence-corrected chi connectivity index (χ4v) is 4.78. The summed E-state index contributed by atoms with van der Waals surface area (Å²) in [6.07, 6.45) is 1.76. The van der Waals surface area contributed by atoms with Crippen LogP contribution >= 0.6 is 12.4 Å². The van der Waals surface area contributed by atoms with Crippen LogP contribution in [0.25, 0.3) is 0 Å². The van der Waals surface area contributed by atoms with Crippen LogP contribution in [0.1, 0.15) is 12.8 Å². The molecule has 2 atom stereocenters. The molecule has 1 aromatic rings. The maximum Gasteiger partial charge on any atom is 0.243 e. The number of nitrogens with zero attached hydrogens (tertiary/aromatic N) is 1. The zero-order valence-corrected chi connectivity index (χ0v) is 11.9. The lowest BCUT2D eigenvalue weighted by Gasteiger charge is -2.34. The van der Waals surface area contributed by atoms with E-state index in [-0.39, 0.29) is 29.4 Å². The van der Waals surface area contributed by atoms with Crippen molar-refractivity contribution in [1.29, 1.82) is 0 Å². The zero-order chi connectivity index (χ0) is 12.8. The van der Waals surface area contributed by atoms with E-state index >= 15 is 0 Å². The van der Waals surface area contributed by atoms with Crippen LogP contribution in [0, 0.1) is 5.82 Å². The van der Waals surface area contributed by atoms with Gasteiger partial charge in [0.1, 0.15) is 5.82 Å². The van der Waals surface area contributed by atoms with Crippen molar-refractivity contribution >= 4 is 22.4 Å². The molecule has 2 heterocycles. The second-order valence-corrected chi connectivity index (χ2v) is 6.68. The Bertz CT molecular complexity index is 551. The van der Waals surface area contributed by atoms with Crippen LogP contribution in [0.15, 0.2) is 29.2 Å². The van der Waals surface area contributed by atoms with Gasteiger partial charge in [-0.3, -0.25) is 0 Å². The van der Waals surface area contributed by atoms with Crippen molar-refractivity contribution in [2.45, 2.75) is 29.8 Å². The standard InChI is InChI=1S/C12H15FN2O2S.ClH/c13-9-2-1-3-12(6-9)18(16,17)15-10-4-5-11(15)8-14-7-10;/h1-3,6,10-11,14H,4-5,7-8H2;1H. The molecule has 2 fully saturated rings. The Kier molecular flexibility index (Phi) is 4.15. The van der Waals surface area contributed by atoms with Gasteiger partial charge < -0.3 is 5.32 Å². The quantitative estimate of drug-likeness (QED) is 0.898. The summed E-state index contributed by atoms with van der Waals surface area (Å²) in [6.45, 7) is 1.37. The molecule has 2 saturated heterocycles. The van der Waals surface area contributed by atoms with E-state index in [1.165, 1.54) is 18.2 Å². The normalized spacial score (nSPS) is 27.0. The number of halogens is 2. The van der Waals surface area contributed by atoms with Crippen molar-refractivity contribution in [1.82, 2.24) is 9.62 Å². The van der Waals surface area contributed by atoms with Gasteiger partial charge in [-0.05, 0) is 31.0 Å². The van der Waals surface area contributed by atoms with Crippen molar-refractivity contribution in [2.75, 3.05) is 13.1 Å². The predicted molar refractivity (Wildman–Crippen MR) is 72.4 cm³/mol. The van der Waals surface area contributed by atoms with Gasteiger partial charge in [0.15, 0.2) is 0 Å². The van der Waals surface area contributed by atoms with Crippen LogP contribution in [0.5, 0.6) is 0 Å². The number of piperazine rings is 1. The third-order valence-electron chi connectivity index (χ3n) is 3.68. The third-order valence-corrected chi connectivity index (χ3v) is 5.69. The highest BCUT2D eigenvalue weighted by Crippen LogP contribution is 2.32. The van der Waals surface area contributed by atoms with E-state index in [0.717, 1.165) is 18.9 Å². The van der Waals surface area contributed by atoms with Gasteiger partial charge >= 0.3 is 0 Å². The van der Waals surface area contributed by atoms with E-state index in [0.29, 0.717) is 13.1 Å². The van der Waals surface area contributed by atoms with E-state index in [4.69, 9.17) is 0 Å². The van der Waals surface area contributed by atoms with E-state index in [1.54, 1.807) is 4.31 Å². The minimum absolute atomic E-state index is 0. The molecule has 19 heavy (non-hydrogen) atoms. The number of hydrogen-bond donors (Lipinski definition) is 1. The average Bonchev–Trinajstić information content (AvgIpc) is 2.61. The third kappa shape index (κ3) is 2.50. The number of nitrogens with one attached hydrogen (secondary N) is 1. The average molecular weight is 307 g/mol. The summed E-state index contributed by atoms with van der Waals surface area (Å²) in [5.74, 6) is -0.515. The molecule has 0 amide bonds. The van der Waals surface area contributed by atoms with Gasteiger partial charge in [-0.2, -0.15) is 4.31 Å². The molecule has 7 heteroatoms. The number of benzene rings is 1. The van der Waals surface area contributed by atoms with Gasteiger partial charge in [-0.1, -0.05) is 6.07 Å². The lowest BCUT2D eigenvalue weighted by Crippen LogP contribution is -2.53. The minimum atomic E-state index is -3.57. The second-order valence-electron chi connectivity index (χ2n) is 4.84. The van der Waals surface area contributed by atoms with Crippen molar-refractivity contribution in [2.24, 2.45) is 0 Å². The molecule has 1 N–H and O–H groups in total. The van der Waals surface area contributed by atoms with Gasteiger partial charge in [0.2, 0.25) is 10.0 Å². The molecule has 0 spiro atoms. The number of rotatable bonds is 2. The summed E-state index contributed by atoms with van der Waals surface area (Å²) < 4.78 is 39.8. The van der Waals surface area contributed by atoms with Crippen molar-refractivity contribution in [3.05, 3.63) is 30.1 Å². The molecule has 0 saturated carbocycles. The van der Waals surface area contributed by atoms with Crippen LogP contribution in [-0.2, 0) is 10.0 Å². The first-order valence-corrected chi connectivity index (χ1v) is 7.53. The summed E-state index contributed by atoms with van der Waals surface area (Å²) in [5, 5.41) is 3.23. The summed E-state index contributed by atoms with van der Waals surface area (Å²) in [4.78, 5) is 0.0568. The second kappa shape index (κ2) is 5.36. The van der Waals surface area contributed by atoms with Crippen LogP contribution in [0.2, 0.25) is 0 Å². The molecule has 2 aliphatic heterocycles. The van der Waals surface area contributed by atoms with Crippen molar-refractivity contribution < 1.29 is 12.8 Å². The van der Waals surface area contributed by atoms with Gasteiger partial charge in [0.05, 0.1) is 4.90 Å². The maximum atomic E-state index is 13.2. The molecule has 1 aromatic carbocycles. The summed E-state index contributed by atoms with van der Waals surface area (Å²) in [7, 11) is -3.57. The first kappa shape index (κ1) is 14.7. The Morgan fingerprint density at radius 2 is 1.84 bits per heavy atom. The van der Waals surface area contributed by atoms with Gasteiger partial charge in [-0.15, -0.1) is 12.4 Å². The number of sulfonamides is 1. The van der Waals surface area contributed by atoms with E-state index < -0.39 is 15.8 Å². The van der Waals surface area contributed by atoms with Gasteiger partial charge in [0.25, 0.3) is 0 Å². The van der Waals surface area contributed by atoms with E-state index in [1.807, 2.05) is 0 Å². The molecule has 2 unspecified atom stereocenters. The molecule has 3 rings (SSSR count). The first-order valence-electron chi connectivity index (χ1n) is 6.09. The fraction of sp³-hybridized carbons (Fsp3) is 0.500. The zero-order valence-electron chi connectivity index (χ0n) is 10.3. The van der Waals surface area contributed by atoms with Crippen LogP contribution in [0.3, 0.4) is 0 Å². The molecule has 4 nitrogen and oxygen atoms in total. The van der Waals surface area contributed by atoms with Crippen LogP contribution in [0.4, 0.5) is 4.39 Å². The Labute approximate surface area is 118 Å². The number of hydrogen-bond acceptors (Lipinski definition) is 3. The molecule has 0 aliphatic carbocycles. The molecule has 0 radical (unpaired) electrons. The Hall–Kier alpha value is -0.690. The monoisotopic (exact) mass is 306 g/mol. The highest BCUT2D eigenvalue weighted by atomic mass is 35.5. The fourth-order valence-electron chi connectivity index (χ4n) is 2.88. The summed E-state index contributed by atoms with van der Waals surface area (Å²) in [5.41, 5.74) is 0. The smallest absolute Gasteiger partial charge is 0.243 e. The Morgan fingerprint density at radius 3 is 2.42 bits per heavy atom. The van der Waals surface area contributed by atoms with Crippen molar-refractivity contribution in [3.63, 3.8) is 0 Å². The van der Waals surface area contributed by atoms with E-state index in [9.17, 15) is 12.8 Å². The largest absolute Gasteiger partial charge is 0.314 e. The highest BCUT2D eigenvalue weighted by Gasteiger charge is 2.44. The first-order chi connectivity index (χ1) is 8.59. The maximum absolute atomic E-state index is 13.2. The number of fused-ring (bicyclic) bond motifs is 2. The SMILES string of the molecule is Cl.O=S(=O)(c1cccc(F)c1)N1C2CCC1CNC2. The van der Waals surface area contributed by atoms with Crippen LogP contribution in [-0.4, -0.2) is 37.9 Å². The predicted octanol–water partition coefficient (Wildman–Crippen LogP) is 1.37. The summed E-state index contributed by atoms with van der Waals surface area (Å²) in [6, 6.07) is 5.27. The molecular formula is C12H16ClFN2O2S. The molecule has 2 bridgehead atoms. The van der Waals surface area contributed by atoms with Gasteiger partial charge in [-0.25, -0.2) is 12.8 Å². The molecule has 0 aromatic heterocycles. The molecule has 2 aliphatic rings. The highest BCUT2D eigenvalue weighted by molar-refractivity contribution is 7.89. The van der Waals surface area contributed by atoms with E-state index in [2.05, 4.69) is 5.32 Å². The Morgan fingerprint density at radius 1 is 1.21 bits per heavy atom. The lowest BCUT2D eigenvalue weighted by molar-refractivity contribution is 0.263. The minimum Gasteiger partial charge on any atom is -0.314 e. The molecule has 106 valence electrons. The van der Waals surface area contributed by atoms with Crippen molar-refractivity contribution in [3.8, 4) is 0 Å². The summed E-state index contributed by atoms with van der Waals surface area (Å²) >= 11 is 0. The Balaban J connectivity index is 0.00000133.